The summed E-state index contributed by atoms with van der Waals surface area (Å²) in [5.41, 5.74) is 3.35. The molecule has 0 aliphatic heterocycles. The molecule has 0 radical (unpaired) electrons. The van der Waals surface area contributed by atoms with Crippen molar-refractivity contribution in [1.82, 2.24) is 9.88 Å². The molecule has 1 N–H and O–H groups in total. The molecular weight excluding hydrogens is 384 g/mol. The maximum absolute atomic E-state index is 13.1. The molecule has 1 amide bonds. The van der Waals surface area contributed by atoms with Crippen LogP contribution in [-0.2, 0) is 11.3 Å². The third-order valence-corrected chi connectivity index (χ3v) is 6.11. The Hall–Kier alpha value is -2.59. The molecular formula is C24H25ClN2O2. The number of benzene rings is 2. The first-order valence-electron chi connectivity index (χ1n) is 10.2. The minimum Gasteiger partial charge on any atom is -0.346 e. The monoisotopic (exact) mass is 408 g/mol. The smallest absolute Gasteiger partial charge is 0.292 e. The number of carbonyl (C=O) groups is 2. The van der Waals surface area contributed by atoms with E-state index in [1.807, 2.05) is 55.5 Å². The molecule has 1 aliphatic rings. The Balaban J connectivity index is 1.67. The van der Waals surface area contributed by atoms with E-state index in [9.17, 15) is 9.59 Å². The van der Waals surface area contributed by atoms with Crippen molar-refractivity contribution in [2.75, 3.05) is 0 Å². The molecule has 1 fully saturated rings. The van der Waals surface area contributed by atoms with Crippen LogP contribution in [0.3, 0.4) is 0 Å². The topological polar surface area (TPSA) is 51.1 Å². The molecule has 1 saturated carbocycles. The summed E-state index contributed by atoms with van der Waals surface area (Å²) in [7, 11) is 0. The van der Waals surface area contributed by atoms with Crippen LogP contribution in [0.5, 0.6) is 0 Å². The van der Waals surface area contributed by atoms with Crippen LogP contribution >= 0.6 is 11.6 Å². The van der Waals surface area contributed by atoms with Crippen molar-refractivity contribution < 1.29 is 9.59 Å². The minimum absolute atomic E-state index is 0.114. The van der Waals surface area contributed by atoms with Crippen LogP contribution in [0, 0.1) is 6.92 Å². The molecule has 0 unspecified atom stereocenters. The normalized spacial score (nSPS) is 14.8. The molecule has 1 aromatic heterocycles. The van der Waals surface area contributed by atoms with Crippen molar-refractivity contribution in [3.8, 4) is 0 Å². The number of para-hydroxylation sites is 1. The first-order valence-corrected chi connectivity index (χ1v) is 10.6. The van der Waals surface area contributed by atoms with E-state index in [0.29, 0.717) is 17.1 Å². The standard InChI is InChI=1S/C24H25ClN2O2/c1-16-22(23(28)24(29)26-19-7-3-2-4-8-19)20-9-5-6-10-21(20)27(16)15-17-11-13-18(25)14-12-17/h5-6,9-14,19H,2-4,7-8,15H2,1H3,(H,26,29). The van der Waals surface area contributed by atoms with Crippen LogP contribution in [0.1, 0.15) is 53.7 Å². The molecule has 4 nitrogen and oxygen atoms in total. The van der Waals surface area contributed by atoms with Crippen molar-refractivity contribution in [3.05, 3.63) is 70.4 Å². The Morgan fingerprint density at radius 2 is 1.72 bits per heavy atom. The number of Topliss-reactive ketones (excluding diaryl/α,β-unsaturated/α-hetero) is 1. The quantitative estimate of drug-likeness (QED) is 0.461. The van der Waals surface area contributed by atoms with Gasteiger partial charge in [0.05, 0.1) is 5.56 Å². The zero-order valence-corrected chi connectivity index (χ0v) is 17.3. The van der Waals surface area contributed by atoms with Gasteiger partial charge < -0.3 is 9.88 Å². The van der Waals surface area contributed by atoms with Crippen molar-refractivity contribution in [2.45, 2.75) is 51.6 Å². The van der Waals surface area contributed by atoms with Gasteiger partial charge in [-0.1, -0.05) is 61.2 Å². The van der Waals surface area contributed by atoms with E-state index in [1.54, 1.807) is 0 Å². The molecule has 150 valence electrons. The second-order valence-electron chi connectivity index (χ2n) is 7.83. The Morgan fingerprint density at radius 3 is 2.45 bits per heavy atom. The third-order valence-electron chi connectivity index (χ3n) is 5.86. The third kappa shape index (κ3) is 4.08. The van der Waals surface area contributed by atoms with Gasteiger partial charge in [0.15, 0.2) is 0 Å². The molecule has 29 heavy (non-hydrogen) atoms. The van der Waals surface area contributed by atoms with E-state index in [2.05, 4.69) is 9.88 Å². The summed E-state index contributed by atoms with van der Waals surface area (Å²) in [5, 5.41) is 4.48. The predicted octanol–water partition coefficient (Wildman–Crippen LogP) is 5.28. The lowest BCUT2D eigenvalue weighted by atomic mass is 9.95. The summed E-state index contributed by atoms with van der Waals surface area (Å²) in [6, 6.07) is 15.6. The number of nitrogens with zero attached hydrogens (tertiary/aromatic N) is 1. The van der Waals surface area contributed by atoms with E-state index in [1.165, 1.54) is 6.42 Å². The molecule has 0 spiro atoms. The van der Waals surface area contributed by atoms with E-state index in [-0.39, 0.29) is 6.04 Å². The molecule has 5 heteroatoms. The summed E-state index contributed by atoms with van der Waals surface area (Å²) >= 11 is 6.01. The van der Waals surface area contributed by atoms with Crippen molar-refractivity contribution >= 4 is 34.2 Å². The second-order valence-corrected chi connectivity index (χ2v) is 8.26. The molecule has 0 bridgehead atoms. The molecule has 4 rings (SSSR count). The number of halogens is 1. The highest BCUT2D eigenvalue weighted by Gasteiger charge is 2.27. The van der Waals surface area contributed by atoms with Crippen LogP contribution in [-0.4, -0.2) is 22.3 Å². The van der Waals surface area contributed by atoms with Gasteiger partial charge in [-0.15, -0.1) is 0 Å². The summed E-state index contributed by atoms with van der Waals surface area (Å²) in [5.74, 6) is -0.937. The van der Waals surface area contributed by atoms with Gasteiger partial charge in [0.25, 0.3) is 11.7 Å². The van der Waals surface area contributed by atoms with Crippen molar-refractivity contribution in [2.24, 2.45) is 0 Å². The maximum atomic E-state index is 13.1. The van der Waals surface area contributed by atoms with Gasteiger partial charge in [-0.2, -0.15) is 0 Å². The molecule has 0 atom stereocenters. The largest absolute Gasteiger partial charge is 0.346 e. The first kappa shape index (κ1) is 19.7. The van der Waals surface area contributed by atoms with Crippen LogP contribution in [0.15, 0.2) is 48.5 Å². The molecule has 0 saturated heterocycles. The number of ketones is 1. The second kappa shape index (κ2) is 8.42. The number of hydrogen-bond donors (Lipinski definition) is 1. The minimum atomic E-state index is -0.491. The SMILES string of the molecule is Cc1c(C(=O)C(=O)NC2CCCCC2)c2ccccc2n1Cc1ccc(Cl)cc1. The van der Waals surface area contributed by atoms with Crippen LogP contribution in [0.4, 0.5) is 0 Å². The highest BCUT2D eigenvalue weighted by atomic mass is 35.5. The first-order chi connectivity index (χ1) is 14.0. The lowest BCUT2D eigenvalue weighted by Crippen LogP contribution is -2.40. The fourth-order valence-electron chi connectivity index (χ4n) is 4.31. The van der Waals surface area contributed by atoms with Gasteiger partial charge in [-0.05, 0) is 43.5 Å². The molecule has 3 aromatic rings. The van der Waals surface area contributed by atoms with Gasteiger partial charge in [0.2, 0.25) is 0 Å². The fraction of sp³-hybridized carbons (Fsp3) is 0.333. The van der Waals surface area contributed by atoms with E-state index >= 15 is 0 Å². The average molecular weight is 409 g/mol. The van der Waals surface area contributed by atoms with Gasteiger partial charge in [-0.25, -0.2) is 0 Å². The van der Waals surface area contributed by atoms with E-state index in [0.717, 1.165) is 47.8 Å². The van der Waals surface area contributed by atoms with Crippen LogP contribution < -0.4 is 5.32 Å². The lowest BCUT2D eigenvalue weighted by molar-refractivity contribution is -0.117. The number of fused-ring (bicyclic) bond motifs is 1. The predicted molar refractivity (Wildman–Crippen MR) is 117 cm³/mol. The van der Waals surface area contributed by atoms with Crippen LogP contribution in [0.25, 0.3) is 10.9 Å². The van der Waals surface area contributed by atoms with Gasteiger partial charge in [0, 0.05) is 34.2 Å². The number of amides is 1. The Labute approximate surface area is 175 Å². The number of nitrogens with one attached hydrogen (secondary N) is 1. The molecule has 1 aliphatic carbocycles. The summed E-state index contributed by atoms with van der Waals surface area (Å²) in [4.78, 5) is 25.8. The van der Waals surface area contributed by atoms with E-state index < -0.39 is 11.7 Å². The van der Waals surface area contributed by atoms with E-state index in [4.69, 9.17) is 11.6 Å². The van der Waals surface area contributed by atoms with Crippen molar-refractivity contribution in [1.29, 1.82) is 0 Å². The number of aromatic nitrogens is 1. The molecule has 2 aromatic carbocycles. The zero-order chi connectivity index (χ0) is 20.4. The number of rotatable bonds is 5. The highest BCUT2D eigenvalue weighted by Crippen LogP contribution is 2.28. The number of carbonyl (C=O) groups excluding carboxylic acids is 2. The van der Waals surface area contributed by atoms with Gasteiger partial charge >= 0.3 is 0 Å². The Kier molecular flexibility index (Phi) is 5.72. The Morgan fingerprint density at radius 1 is 1.03 bits per heavy atom. The van der Waals surface area contributed by atoms with Crippen molar-refractivity contribution in [3.63, 3.8) is 0 Å². The summed E-state index contributed by atoms with van der Waals surface area (Å²) in [6.45, 7) is 2.53. The summed E-state index contributed by atoms with van der Waals surface area (Å²) in [6.07, 6.45) is 5.33. The summed E-state index contributed by atoms with van der Waals surface area (Å²) < 4.78 is 2.10. The van der Waals surface area contributed by atoms with Gasteiger partial charge in [0.1, 0.15) is 0 Å². The Bertz CT molecular complexity index is 1050. The highest BCUT2D eigenvalue weighted by molar-refractivity contribution is 6.45. The fourth-order valence-corrected chi connectivity index (χ4v) is 4.43. The van der Waals surface area contributed by atoms with Crippen LogP contribution in [0.2, 0.25) is 5.02 Å². The maximum Gasteiger partial charge on any atom is 0.292 e. The molecule has 1 heterocycles. The zero-order valence-electron chi connectivity index (χ0n) is 16.6. The average Bonchev–Trinajstić information content (AvgIpc) is 3.01. The lowest BCUT2D eigenvalue weighted by Gasteiger charge is -2.22. The van der Waals surface area contributed by atoms with Gasteiger partial charge in [-0.3, -0.25) is 9.59 Å². The number of hydrogen-bond acceptors (Lipinski definition) is 2.